The molecule has 1 unspecified atom stereocenters. The molecule has 1 aliphatic carbocycles. The number of rotatable bonds is 2. The maximum Gasteiger partial charge on any atom is 0.226 e. The number of oxime groups is 1. The third-order valence-electron chi connectivity index (χ3n) is 3.45. The Labute approximate surface area is 88.9 Å². The Morgan fingerprint density at radius 3 is 2.60 bits per heavy atom. The first-order valence-corrected chi connectivity index (χ1v) is 5.52. The average Bonchev–Trinajstić information content (AvgIpc) is 2.62. The highest BCUT2D eigenvalue weighted by molar-refractivity contribution is 5.91. The molecule has 5 nitrogen and oxygen atoms in total. The van der Waals surface area contributed by atoms with E-state index < -0.39 is 0 Å². The van der Waals surface area contributed by atoms with Gasteiger partial charge in [0.05, 0.1) is 6.04 Å². The van der Waals surface area contributed by atoms with Gasteiger partial charge in [-0.1, -0.05) is 11.6 Å². The van der Waals surface area contributed by atoms with Gasteiger partial charge in [-0.2, -0.15) is 0 Å². The summed E-state index contributed by atoms with van der Waals surface area (Å²) >= 11 is 0. The van der Waals surface area contributed by atoms with Crippen LogP contribution < -0.4 is 5.73 Å². The lowest BCUT2D eigenvalue weighted by molar-refractivity contribution is -0.137. The summed E-state index contributed by atoms with van der Waals surface area (Å²) in [5.74, 6) is 0.549. The summed E-state index contributed by atoms with van der Waals surface area (Å²) in [6.07, 6.45) is 4.91. The van der Waals surface area contributed by atoms with Crippen LogP contribution in [0, 0.1) is 5.92 Å². The van der Waals surface area contributed by atoms with Gasteiger partial charge < -0.3 is 15.8 Å². The number of nitrogens with zero attached hydrogens (tertiary/aromatic N) is 2. The Morgan fingerprint density at radius 1 is 1.33 bits per heavy atom. The highest BCUT2D eigenvalue weighted by atomic mass is 16.4. The van der Waals surface area contributed by atoms with E-state index in [9.17, 15) is 4.79 Å². The van der Waals surface area contributed by atoms with Crippen LogP contribution in [0.4, 0.5) is 0 Å². The van der Waals surface area contributed by atoms with Crippen LogP contribution in [0.1, 0.15) is 32.1 Å². The van der Waals surface area contributed by atoms with E-state index in [4.69, 9.17) is 10.9 Å². The zero-order valence-corrected chi connectivity index (χ0v) is 8.72. The molecule has 1 saturated heterocycles. The lowest BCUT2D eigenvalue weighted by atomic mass is 9.84. The summed E-state index contributed by atoms with van der Waals surface area (Å²) in [4.78, 5) is 13.8. The smallest absolute Gasteiger partial charge is 0.226 e. The number of nitrogens with two attached hydrogens (primary N) is 1. The average molecular weight is 211 g/mol. The van der Waals surface area contributed by atoms with Crippen molar-refractivity contribution < 1.29 is 10.0 Å². The molecule has 15 heavy (non-hydrogen) atoms. The van der Waals surface area contributed by atoms with E-state index in [1.54, 1.807) is 4.90 Å². The summed E-state index contributed by atoms with van der Waals surface area (Å²) < 4.78 is 0. The molecular weight excluding hydrogens is 194 g/mol. The van der Waals surface area contributed by atoms with Gasteiger partial charge in [0.2, 0.25) is 5.91 Å². The first-order valence-electron chi connectivity index (χ1n) is 5.52. The summed E-state index contributed by atoms with van der Waals surface area (Å²) in [6.45, 7) is 0.746. The summed E-state index contributed by atoms with van der Waals surface area (Å²) in [6, 6.07) is -0.178. The Bertz CT molecular complexity index is 286. The normalized spacial score (nSPS) is 27.9. The molecular formula is C10H17N3O2. The number of amidine groups is 1. The van der Waals surface area contributed by atoms with E-state index >= 15 is 0 Å². The molecule has 1 atom stereocenters. The van der Waals surface area contributed by atoms with Gasteiger partial charge in [0, 0.05) is 12.5 Å². The maximum absolute atomic E-state index is 12.0. The third kappa shape index (κ3) is 1.78. The SMILES string of the molecule is NC(=NO)C1CCCN1C(=O)C1CCC1. The van der Waals surface area contributed by atoms with Crippen LogP contribution in [0.2, 0.25) is 0 Å². The quantitative estimate of drug-likeness (QED) is 0.302. The van der Waals surface area contributed by atoms with Crippen molar-refractivity contribution in [2.45, 2.75) is 38.1 Å². The largest absolute Gasteiger partial charge is 0.409 e. The molecule has 3 N–H and O–H groups in total. The second kappa shape index (κ2) is 4.08. The monoisotopic (exact) mass is 211 g/mol. The third-order valence-corrected chi connectivity index (χ3v) is 3.45. The van der Waals surface area contributed by atoms with E-state index in [-0.39, 0.29) is 23.7 Å². The summed E-state index contributed by atoms with van der Waals surface area (Å²) in [5.41, 5.74) is 5.57. The molecule has 1 heterocycles. The van der Waals surface area contributed by atoms with Crippen molar-refractivity contribution in [3.8, 4) is 0 Å². The van der Waals surface area contributed by atoms with Crippen LogP contribution in [0.5, 0.6) is 0 Å². The Hall–Kier alpha value is -1.26. The topological polar surface area (TPSA) is 78.9 Å². The molecule has 0 radical (unpaired) electrons. The fraction of sp³-hybridized carbons (Fsp3) is 0.800. The molecule has 84 valence electrons. The van der Waals surface area contributed by atoms with Gasteiger partial charge in [0.15, 0.2) is 5.84 Å². The predicted octanol–water partition coefficient (Wildman–Crippen LogP) is 0.524. The lowest BCUT2D eigenvalue weighted by Crippen LogP contribution is -2.47. The Morgan fingerprint density at radius 2 is 2.07 bits per heavy atom. The molecule has 0 aromatic carbocycles. The van der Waals surface area contributed by atoms with E-state index in [1.807, 2.05) is 0 Å². The zero-order valence-electron chi connectivity index (χ0n) is 8.72. The van der Waals surface area contributed by atoms with Crippen molar-refractivity contribution in [1.29, 1.82) is 0 Å². The fourth-order valence-corrected chi connectivity index (χ4v) is 2.29. The van der Waals surface area contributed by atoms with Crippen molar-refractivity contribution in [1.82, 2.24) is 4.90 Å². The second-order valence-electron chi connectivity index (χ2n) is 4.34. The fourth-order valence-electron chi connectivity index (χ4n) is 2.29. The van der Waals surface area contributed by atoms with E-state index in [2.05, 4.69) is 5.16 Å². The van der Waals surface area contributed by atoms with Crippen LogP contribution >= 0.6 is 0 Å². The molecule has 2 rings (SSSR count). The molecule has 2 aliphatic rings. The van der Waals surface area contributed by atoms with Crippen LogP contribution in [0.25, 0.3) is 0 Å². The highest BCUT2D eigenvalue weighted by Crippen LogP contribution is 2.31. The van der Waals surface area contributed by atoms with E-state index in [1.165, 1.54) is 0 Å². The predicted molar refractivity (Wildman–Crippen MR) is 55.5 cm³/mol. The molecule has 0 spiro atoms. The van der Waals surface area contributed by atoms with E-state index in [0.29, 0.717) is 0 Å². The van der Waals surface area contributed by atoms with Crippen LogP contribution in [0.3, 0.4) is 0 Å². The number of hydrogen-bond donors (Lipinski definition) is 2. The lowest BCUT2D eigenvalue weighted by Gasteiger charge is -2.32. The number of hydrogen-bond acceptors (Lipinski definition) is 3. The van der Waals surface area contributed by atoms with Gasteiger partial charge in [0.25, 0.3) is 0 Å². The van der Waals surface area contributed by atoms with Gasteiger partial charge in [-0.05, 0) is 25.7 Å². The highest BCUT2D eigenvalue weighted by Gasteiger charge is 2.37. The van der Waals surface area contributed by atoms with Gasteiger partial charge in [0.1, 0.15) is 0 Å². The Kier molecular flexibility index (Phi) is 2.79. The van der Waals surface area contributed by atoms with Crippen molar-refractivity contribution in [3.05, 3.63) is 0 Å². The number of carbonyl (C=O) groups is 1. The molecule has 5 heteroatoms. The van der Waals surface area contributed by atoms with Crippen molar-refractivity contribution >= 4 is 11.7 Å². The van der Waals surface area contributed by atoms with Crippen molar-refractivity contribution in [2.24, 2.45) is 16.8 Å². The molecule has 1 aliphatic heterocycles. The minimum Gasteiger partial charge on any atom is -0.409 e. The minimum atomic E-state index is -0.178. The number of carbonyl (C=O) groups excluding carboxylic acids is 1. The minimum absolute atomic E-state index is 0.167. The summed E-state index contributed by atoms with van der Waals surface area (Å²) in [7, 11) is 0. The van der Waals surface area contributed by atoms with Gasteiger partial charge in [-0.25, -0.2) is 0 Å². The molecule has 1 amide bonds. The molecule has 2 fully saturated rings. The van der Waals surface area contributed by atoms with Gasteiger partial charge >= 0.3 is 0 Å². The molecule has 0 aromatic heterocycles. The van der Waals surface area contributed by atoms with Crippen molar-refractivity contribution in [2.75, 3.05) is 6.54 Å². The number of amides is 1. The van der Waals surface area contributed by atoms with Crippen LogP contribution in [-0.2, 0) is 4.79 Å². The van der Waals surface area contributed by atoms with Gasteiger partial charge in [-0.3, -0.25) is 4.79 Å². The second-order valence-corrected chi connectivity index (χ2v) is 4.34. The molecule has 0 aromatic rings. The van der Waals surface area contributed by atoms with Crippen molar-refractivity contribution in [3.63, 3.8) is 0 Å². The summed E-state index contributed by atoms with van der Waals surface area (Å²) in [5, 5.41) is 11.6. The van der Waals surface area contributed by atoms with Crippen LogP contribution in [-0.4, -0.2) is 34.4 Å². The van der Waals surface area contributed by atoms with E-state index in [0.717, 1.165) is 38.6 Å². The van der Waals surface area contributed by atoms with Gasteiger partial charge in [-0.15, -0.1) is 0 Å². The standard InChI is InChI=1S/C10H17N3O2/c11-9(12-15)8-5-2-6-13(8)10(14)7-3-1-4-7/h7-8,15H,1-6H2,(H2,11,12). The maximum atomic E-state index is 12.0. The molecule has 0 bridgehead atoms. The Balaban J connectivity index is 2.03. The number of likely N-dealkylation sites (tertiary alicyclic amines) is 1. The first kappa shape index (κ1) is 10.3. The molecule has 1 saturated carbocycles. The van der Waals surface area contributed by atoms with Crippen LogP contribution in [0.15, 0.2) is 5.16 Å². The zero-order chi connectivity index (χ0) is 10.8. The first-order chi connectivity index (χ1) is 7.24.